The van der Waals surface area contributed by atoms with Gasteiger partial charge in [-0.2, -0.15) is 0 Å². The zero-order valence-corrected chi connectivity index (χ0v) is 11.8. The summed E-state index contributed by atoms with van der Waals surface area (Å²) < 4.78 is 0. The molecule has 1 aromatic rings. The standard InChI is InChI=1S/C16H21NO3/c1-2-11-5-3-4-6-14(11)10-17-15(18)12-7-8-13(9-12)16(19)20/h3-6,12-13H,2,7-10H2,1H3,(H,17,18)(H,19,20). The first-order valence-electron chi connectivity index (χ1n) is 7.19. The van der Waals surface area contributed by atoms with Gasteiger partial charge < -0.3 is 10.4 Å². The van der Waals surface area contributed by atoms with E-state index in [1.807, 2.05) is 18.2 Å². The molecule has 0 spiro atoms. The van der Waals surface area contributed by atoms with Crippen LogP contribution >= 0.6 is 0 Å². The van der Waals surface area contributed by atoms with Crippen LogP contribution in [-0.2, 0) is 22.6 Å². The minimum atomic E-state index is -0.781. The number of nitrogens with one attached hydrogen (secondary N) is 1. The zero-order chi connectivity index (χ0) is 14.5. The summed E-state index contributed by atoms with van der Waals surface area (Å²) in [6.07, 6.45) is 2.70. The summed E-state index contributed by atoms with van der Waals surface area (Å²) in [5, 5.41) is 11.9. The van der Waals surface area contributed by atoms with Gasteiger partial charge in [0.2, 0.25) is 5.91 Å². The number of hydrogen-bond acceptors (Lipinski definition) is 2. The lowest BCUT2D eigenvalue weighted by Gasteiger charge is -2.12. The zero-order valence-electron chi connectivity index (χ0n) is 11.8. The fourth-order valence-corrected chi connectivity index (χ4v) is 2.85. The summed E-state index contributed by atoms with van der Waals surface area (Å²) in [6, 6.07) is 8.06. The summed E-state index contributed by atoms with van der Waals surface area (Å²) in [4.78, 5) is 23.0. The van der Waals surface area contributed by atoms with E-state index in [9.17, 15) is 9.59 Å². The third-order valence-electron chi connectivity index (χ3n) is 4.11. The lowest BCUT2D eigenvalue weighted by atomic mass is 10.0. The number of carboxylic acid groups (broad SMARTS) is 1. The SMILES string of the molecule is CCc1ccccc1CNC(=O)C1CCC(C(=O)O)C1. The largest absolute Gasteiger partial charge is 0.481 e. The minimum absolute atomic E-state index is 0.0142. The second kappa shape index (κ2) is 6.55. The second-order valence-corrected chi connectivity index (χ2v) is 5.39. The highest BCUT2D eigenvalue weighted by atomic mass is 16.4. The molecule has 2 N–H and O–H groups in total. The summed E-state index contributed by atoms with van der Waals surface area (Å²) in [7, 11) is 0. The average Bonchev–Trinajstić information content (AvgIpc) is 2.95. The molecule has 0 radical (unpaired) electrons. The van der Waals surface area contributed by atoms with E-state index >= 15 is 0 Å². The molecule has 1 aliphatic carbocycles. The van der Waals surface area contributed by atoms with Gasteiger partial charge in [-0.25, -0.2) is 0 Å². The number of rotatable bonds is 5. The van der Waals surface area contributed by atoms with Crippen LogP contribution in [0.2, 0.25) is 0 Å². The average molecular weight is 275 g/mol. The Balaban J connectivity index is 1.88. The highest BCUT2D eigenvalue weighted by Gasteiger charge is 2.33. The maximum absolute atomic E-state index is 12.1. The fourth-order valence-electron chi connectivity index (χ4n) is 2.85. The number of aryl methyl sites for hydroxylation is 1. The molecule has 1 aliphatic rings. The summed E-state index contributed by atoms with van der Waals surface area (Å²) in [6.45, 7) is 2.62. The van der Waals surface area contributed by atoms with E-state index in [4.69, 9.17) is 5.11 Å². The Hall–Kier alpha value is -1.84. The van der Waals surface area contributed by atoms with E-state index in [2.05, 4.69) is 18.3 Å². The van der Waals surface area contributed by atoms with Crippen molar-refractivity contribution >= 4 is 11.9 Å². The molecule has 0 bridgehead atoms. The molecule has 0 aromatic heterocycles. The van der Waals surface area contributed by atoms with Gasteiger partial charge in [0.15, 0.2) is 0 Å². The molecule has 0 aliphatic heterocycles. The molecule has 0 saturated heterocycles. The first-order valence-corrected chi connectivity index (χ1v) is 7.19. The summed E-state index contributed by atoms with van der Waals surface area (Å²) >= 11 is 0. The Bertz CT molecular complexity index is 498. The normalized spacial score (nSPS) is 21.6. The Labute approximate surface area is 119 Å². The predicted octanol–water partition coefficient (Wildman–Crippen LogP) is 2.37. The van der Waals surface area contributed by atoms with E-state index in [0.717, 1.165) is 12.0 Å². The number of carboxylic acids is 1. The van der Waals surface area contributed by atoms with Crippen molar-refractivity contribution in [1.29, 1.82) is 0 Å². The molecule has 20 heavy (non-hydrogen) atoms. The number of aliphatic carboxylic acids is 1. The van der Waals surface area contributed by atoms with E-state index < -0.39 is 5.97 Å². The predicted molar refractivity (Wildman–Crippen MR) is 76.1 cm³/mol. The van der Waals surface area contributed by atoms with Crippen molar-refractivity contribution in [3.8, 4) is 0 Å². The van der Waals surface area contributed by atoms with E-state index in [-0.39, 0.29) is 17.7 Å². The second-order valence-electron chi connectivity index (χ2n) is 5.39. The molecular weight excluding hydrogens is 254 g/mol. The van der Waals surface area contributed by atoms with Crippen molar-refractivity contribution in [2.75, 3.05) is 0 Å². The number of benzene rings is 1. The molecule has 4 nitrogen and oxygen atoms in total. The third-order valence-corrected chi connectivity index (χ3v) is 4.11. The van der Waals surface area contributed by atoms with Crippen LogP contribution in [0.1, 0.15) is 37.3 Å². The maximum Gasteiger partial charge on any atom is 0.306 e. The Kier molecular flexibility index (Phi) is 4.77. The summed E-state index contributed by atoms with van der Waals surface area (Å²) in [5.41, 5.74) is 2.37. The molecule has 1 saturated carbocycles. The highest BCUT2D eigenvalue weighted by molar-refractivity contribution is 5.80. The highest BCUT2D eigenvalue weighted by Crippen LogP contribution is 2.31. The van der Waals surface area contributed by atoms with Gasteiger partial charge >= 0.3 is 5.97 Å². The molecule has 2 unspecified atom stereocenters. The van der Waals surface area contributed by atoms with Crippen molar-refractivity contribution in [2.45, 2.75) is 39.2 Å². The molecule has 0 heterocycles. The number of carbonyl (C=O) groups excluding carboxylic acids is 1. The van der Waals surface area contributed by atoms with Crippen molar-refractivity contribution in [1.82, 2.24) is 5.32 Å². The van der Waals surface area contributed by atoms with Crippen LogP contribution < -0.4 is 5.32 Å². The first kappa shape index (κ1) is 14.6. The van der Waals surface area contributed by atoms with Crippen LogP contribution in [0.5, 0.6) is 0 Å². The van der Waals surface area contributed by atoms with Crippen LogP contribution in [0.15, 0.2) is 24.3 Å². The van der Waals surface area contributed by atoms with E-state index in [0.29, 0.717) is 25.8 Å². The third kappa shape index (κ3) is 3.38. The molecule has 1 amide bonds. The number of hydrogen-bond donors (Lipinski definition) is 2. The van der Waals surface area contributed by atoms with Crippen molar-refractivity contribution in [3.63, 3.8) is 0 Å². The van der Waals surface area contributed by atoms with Crippen LogP contribution in [-0.4, -0.2) is 17.0 Å². The van der Waals surface area contributed by atoms with Gasteiger partial charge in [-0.1, -0.05) is 31.2 Å². The van der Waals surface area contributed by atoms with Gasteiger partial charge in [0.25, 0.3) is 0 Å². The van der Waals surface area contributed by atoms with E-state index in [1.165, 1.54) is 5.56 Å². The Morgan fingerprint density at radius 2 is 1.85 bits per heavy atom. The van der Waals surface area contributed by atoms with Crippen LogP contribution in [0.3, 0.4) is 0 Å². The maximum atomic E-state index is 12.1. The van der Waals surface area contributed by atoms with Gasteiger partial charge in [-0.3, -0.25) is 9.59 Å². The molecular formula is C16H21NO3. The van der Waals surface area contributed by atoms with Crippen molar-refractivity contribution in [2.24, 2.45) is 11.8 Å². The number of amides is 1. The lowest BCUT2D eigenvalue weighted by Crippen LogP contribution is -2.29. The molecule has 108 valence electrons. The van der Waals surface area contributed by atoms with Gasteiger partial charge in [-0.15, -0.1) is 0 Å². The van der Waals surface area contributed by atoms with Crippen LogP contribution in [0.25, 0.3) is 0 Å². The van der Waals surface area contributed by atoms with Gasteiger partial charge in [0, 0.05) is 12.5 Å². The van der Waals surface area contributed by atoms with Gasteiger partial charge in [0.1, 0.15) is 0 Å². The molecule has 1 aromatic carbocycles. The van der Waals surface area contributed by atoms with Gasteiger partial charge in [0.05, 0.1) is 5.92 Å². The number of carbonyl (C=O) groups is 2. The molecule has 2 rings (SSSR count). The lowest BCUT2D eigenvalue weighted by molar-refractivity contribution is -0.141. The Morgan fingerprint density at radius 3 is 2.45 bits per heavy atom. The van der Waals surface area contributed by atoms with Crippen LogP contribution in [0, 0.1) is 11.8 Å². The van der Waals surface area contributed by atoms with Crippen molar-refractivity contribution < 1.29 is 14.7 Å². The molecule has 2 atom stereocenters. The molecule has 1 fully saturated rings. The monoisotopic (exact) mass is 275 g/mol. The van der Waals surface area contributed by atoms with E-state index in [1.54, 1.807) is 0 Å². The minimum Gasteiger partial charge on any atom is -0.481 e. The molecule has 4 heteroatoms. The smallest absolute Gasteiger partial charge is 0.306 e. The van der Waals surface area contributed by atoms with Crippen LogP contribution in [0.4, 0.5) is 0 Å². The topological polar surface area (TPSA) is 66.4 Å². The summed E-state index contributed by atoms with van der Waals surface area (Å²) in [5.74, 6) is -1.30. The first-order chi connectivity index (χ1) is 9.61. The van der Waals surface area contributed by atoms with Crippen molar-refractivity contribution in [3.05, 3.63) is 35.4 Å². The van der Waals surface area contributed by atoms with Gasteiger partial charge in [-0.05, 0) is 36.8 Å². The fraction of sp³-hybridized carbons (Fsp3) is 0.500. The quantitative estimate of drug-likeness (QED) is 0.867. The Morgan fingerprint density at radius 1 is 1.20 bits per heavy atom.